The first-order valence-electron chi connectivity index (χ1n) is 4.82. The van der Waals surface area contributed by atoms with E-state index in [2.05, 4.69) is 27.4 Å². The summed E-state index contributed by atoms with van der Waals surface area (Å²) < 4.78 is 0. The van der Waals surface area contributed by atoms with Gasteiger partial charge in [0.1, 0.15) is 0 Å². The molecule has 0 aliphatic heterocycles. The highest BCUT2D eigenvalue weighted by atomic mass is 14.4. The highest BCUT2D eigenvalue weighted by molar-refractivity contribution is 5.12. The molecule has 0 amide bonds. The molecule has 0 heterocycles. The first kappa shape index (κ1) is 8.83. The van der Waals surface area contributed by atoms with Crippen LogP contribution in [0.4, 0.5) is 0 Å². The van der Waals surface area contributed by atoms with Gasteiger partial charge in [0.2, 0.25) is 0 Å². The first-order valence-corrected chi connectivity index (χ1v) is 4.82. The van der Waals surface area contributed by atoms with Crippen molar-refractivity contribution >= 4 is 0 Å². The van der Waals surface area contributed by atoms with Gasteiger partial charge in [0.05, 0.1) is 0 Å². The maximum Gasteiger partial charge on any atom is -0.0203 e. The van der Waals surface area contributed by atoms with Crippen LogP contribution in [0, 0.1) is 17.8 Å². The van der Waals surface area contributed by atoms with Crippen molar-refractivity contribution in [2.45, 2.75) is 40.0 Å². The van der Waals surface area contributed by atoms with Gasteiger partial charge in [-0.05, 0) is 30.6 Å². The molecule has 1 saturated carbocycles. The second kappa shape index (κ2) is 3.42. The van der Waals surface area contributed by atoms with Crippen LogP contribution >= 0.6 is 0 Å². The van der Waals surface area contributed by atoms with E-state index in [1.165, 1.54) is 24.8 Å². The quantitative estimate of drug-likeness (QED) is 0.542. The second-order valence-corrected chi connectivity index (χ2v) is 4.16. The lowest BCUT2D eigenvalue weighted by Gasteiger charge is -2.38. The monoisotopic (exact) mass is 152 g/mol. The summed E-state index contributed by atoms with van der Waals surface area (Å²) >= 11 is 0. The van der Waals surface area contributed by atoms with Crippen LogP contribution in [0.1, 0.15) is 40.0 Å². The average molecular weight is 152 g/mol. The lowest BCUT2D eigenvalue weighted by molar-refractivity contribution is 0.240. The average Bonchev–Trinajstić information content (AvgIpc) is 2.03. The predicted octanol–water partition coefficient (Wildman–Crippen LogP) is 3.63. The molecule has 0 heteroatoms. The Bertz CT molecular complexity index is 146. The number of allylic oxidation sites excluding steroid dienone is 1. The Morgan fingerprint density at radius 1 is 1.64 bits per heavy atom. The van der Waals surface area contributed by atoms with Crippen molar-refractivity contribution in [2.75, 3.05) is 0 Å². The van der Waals surface area contributed by atoms with Crippen molar-refractivity contribution in [1.29, 1.82) is 0 Å². The van der Waals surface area contributed by atoms with E-state index in [4.69, 9.17) is 0 Å². The fourth-order valence-corrected chi connectivity index (χ4v) is 1.84. The van der Waals surface area contributed by atoms with Gasteiger partial charge in [-0.15, -0.1) is 0 Å². The smallest absolute Gasteiger partial charge is 0.0203 e. The van der Waals surface area contributed by atoms with Crippen molar-refractivity contribution in [3.8, 4) is 0 Å². The Morgan fingerprint density at radius 3 is 2.64 bits per heavy atom. The predicted molar refractivity (Wildman–Crippen MR) is 50.5 cm³/mol. The molecule has 0 aromatic rings. The minimum absolute atomic E-state index is 0.809. The summed E-state index contributed by atoms with van der Waals surface area (Å²) in [6, 6.07) is 0. The number of rotatable bonds is 3. The topological polar surface area (TPSA) is 0 Å². The van der Waals surface area contributed by atoms with Gasteiger partial charge >= 0.3 is 0 Å². The van der Waals surface area contributed by atoms with Crippen molar-refractivity contribution in [1.82, 2.24) is 0 Å². The van der Waals surface area contributed by atoms with E-state index in [9.17, 15) is 0 Å². The van der Waals surface area contributed by atoms with Gasteiger partial charge in [0.15, 0.2) is 0 Å². The van der Waals surface area contributed by atoms with E-state index < -0.39 is 0 Å². The molecule has 3 atom stereocenters. The molecule has 0 aromatic heterocycles. The summed E-state index contributed by atoms with van der Waals surface area (Å²) in [6.07, 6.45) is 4.04. The summed E-state index contributed by atoms with van der Waals surface area (Å²) in [5.74, 6) is 2.68. The molecule has 64 valence electrons. The van der Waals surface area contributed by atoms with E-state index >= 15 is 0 Å². The van der Waals surface area contributed by atoms with E-state index in [0.717, 1.165) is 17.8 Å². The maximum absolute atomic E-state index is 4.02. The minimum atomic E-state index is 0.809. The van der Waals surface area contributed by atoms with E-state index in [1.807, 2.05) is 0 Å². The second-order valence-electron chi connectivity index (χ2n) is 4.16. The molecule has 0 nitrogen and oxygen atoms in total. The van der Waals surface area contributed by atoms with Crippen LogP contribution in [-0.2, 0) is 0 Å². The molecule has 1 rings (SSSR count). The van der Waals surface area contributed by atoms with E-state index in [-0.39, 0.29) is 0 Å². The van der Waals surface area contributed by atoms with Crippen molar-refractivity contribution in [3.63, 3.8) is 0 Å². The third kappa shape index (κ3) is 1.85. The Morgan fingerprint density at radius 2 is 2.27 bits per heavy atom. The van der Waals surface area contributed by atoms with Crippen molar-refractivity contribution in [2.24, 2.45) is 17.8 Å². The third-order valence-electron chi connectivity index (χ3n) is 3.28. The van der Waals surface area contributed by atoms with Gasteiger partial charge < -0.3 is 0 Å². The normalized spacial score (nSPS) is 33.2. The molecule has 1 aliphatic carbocycles. The first-order chi connectivity index (χ1) is 5.15. The van der Waals surface area contributed by atoms with Crippen LogP contribution in [0.2, 0.25) is 0 Å². The van der Waals surface area contributed by atoms with Crippen molar-refractivity contribution < 1.29 is 0 Å². The highest BCUT2D eigenvalue weighted by Crippen LogP contribution is 2.42. The van der Waals surface area contributed by atoms with Crippen LogP contribution in [0.25, 0.3) is 0 Å². The summed E-state index contributed by atoms with van der Waals surface area (Å²) in [5, 5.41) is 0. The molecule has 0 radical (unpaired) electrons. The highest BCUT2D eigenvalue weighted by Gasteiger charge is 2.30. The largest absolute Gasteiger partial charge is 0.0996 e. The van der Waals surface area contributed by atoms with Gasteiger partial charge in [-0.1, -0.05) is 39.3 Å². The lowest BCUT2D eigenvalue weighted by atomic mass is 9.67. The SMILES string of the molecule is C=C1CC(CC(C)CC)C1C. The minimum Gasteiger partial charge on any atom is -0.0996 e. The van der Waals surface area contributed by atoms with Crippen LogP contribution in [-0.4, -0.2) is 0 Å². The Labute approximate surface area is 70.7 Å². The van der Waals surface area contributed by atoms with Gasteiger partial charge in [0.25, 0.3) is 0 Å². The molecule has 0 saturated heterocycles. The van der Waals surface area contributed by atoms with Crippen LogP contribution in [0.5, 0.6) is 0 Å². The standard InChI is InChI=1S/C11H20/c1-5-8(2)6-11-7-9(3)10(11)4/h8,10-11H,3,5-7H2,1-2,4H3. The van der Waals surface area contributed by atoms with Gasteiger partial charge in [-0.25, -0.2) is 0 Å². The molecule has 0 N–H and O–H groups in total. The zero-order valence-electron chi connectivity index (χ0n) is 8.06. The number of hydrogen-bond donors (Lipinski definition) is 0. The van der Waals surface area contributed by atoms with Crippen LogP contribution < -0.4 is 0 Å². The molecule has 11 heavy (non-hydrogen) atoms. The van der Waals surface area contributed by atoms with E-state index in [0.29, 0.717) is 0 Å². The zero-order chi connectivity index (χ0) is 8.43. The Balaban J connectivity index is 2.24. The summed E-state index contributed by atoms with van der Waals surface area (Å²) in [6.45, 7) is 11.0. The lowest BCUT2D eigenvalue weighted by Crippen LogP contribution is -2.27. The van der Waals surface area contributed by atoms with Gasteiger partial charge in [0, 0.05) is 0 Å². The molecule has 3 unspecified atom stereocenters. The Hall–Kier alpha value is -0.260. The van der Waals surface area contributed by atoms with Crippen LogP contribution in [0.15, 0.2) is 12.2 Å². The zero-order valence-corrected chi connectivity index (χ0v) is 8.06. The fourth-order valence-electron chi connectivity index (χ4n) is 1.84. The Kier molecular flexibility index (Phi) is 2.75. The fraction of sp³-hybridized carbons (Fsp3) is 0.818. The van der Waals surface area contributed by atoms with Crippen LogP contribution in [0.3, 0.4) is 0 Å². The molecule has 0 aromatic carbocycles. The summed E-state index contributed by atoms with van der Waals surface area (Å²) in [4.78, 5) is 0. The number of hydrogen-bond acceptors (Lipinski definition) is 0. The summed E-state index contributed by atoms with van der Waals surface area (Å²) in [7, 11) is 0. The molecule has 0 spiro atoms. The third-order valence-corrected chi connectivity index (χ3v) is 3.28. The molecule has 1 fully saturated rings. The van der Waals surface area contributed by atoms with Gasteiger partial charge in [-0.2, -0.15) is 0 Å². The van der Waals surface area contributed by atoms with Crippen molar-refractivity contribution in [3.05, 3.63) is 12.2 Å². The molecular weight excluding hydrogens is 132 g/mol. The molecule has 0 bridgehead atoms. The molecule has 1 aliphatic rings. The maximum atomic E-state index is 4.02. The van der Waals surface area contributed by atoms with E-state index in [1.54, 1.807) is 0 Å². The van der Waals surface area contributed by atoms with Gasteiger partial charge in [-0.3, -0.25) is 0 Å². The molecular formula is C11H20. The summed E-state index contributed by atoms with van der Waals surface area (Å²) in [5.41, 5.74) is 1.47.